The molecule has 5 heteroatoms. The number of hydrogen-bond donors (Lipinski definition) is 0. The van der Waals surface area contributed by atoms with Crippen LogP contribution >= 0.6 is 11.3 Å². The minimum Gasteiger partial charge on any atom is -0.462 e. The number of nitrogens with zero attached hydrogens (tertiary/aromatic N) is 1. The Hall–Kier alpha value is -2.92. The number of rotatable bonds is 3. The van der Waals surface area contributed by atoms with Gasteiger partial charge in [-0.25, -0.2) is 4.79 Å². The van der Waals surface area contributed by atoms with E-state index < -0.39 is 5.97 Å². The van der Waals surface area contributed by atoms with Crippen LogP contribution in [-0.2, 0) is 4.74 Å². The summed E-state index contributed by atoms with van der Waals surface area (Å²) in [6, 6.07) is 17.0. The normalized spacial score (nSPS) is 11.1. The van der Waals surface area contributed by atoms with Crippen LogP contribution in [0.3, 0.4) is 0 Å². The summed E-state index contributed by atoms with van der Waals surface area (Å²) >= 11 is 1.42. The van der Waals surface area contributed by atoms with Crippen molar-refractivity contribution in [1.29, 1.82) is 0 Å². The van der Waals surface area contributed by atoms with E-state index in [1.165, 1.54) is 11.3 Å². The lowest BCUT2D eigenvalue weighted by Crippen LogP contribution is -2.11. The van der Waals surface area contributed by atoms with Crippen molar-refractivity contribution in [3.05, 3.63) is 76.7 Å². The van der Waals surface area contributed by atoms with Gasteiger partial charge in [0.1, 0.15) is 10.4 Å². The van der Waals surface area contributed by atoms with Gasteiger partial charge in [0.25, 0.3) is 5.56 Å². The molecule has 0 atom stereocenters. The van der Waals surface area contributed by atoms with Gasteiger partial charge in [0.15, 0.2) is 0 Å². The molecule has 124 valence electrons. The van der Waals surface area contributed by atoms with Gasteiger partial charge in [-0.05, 0) is 24.6 Å². The summed E-state index contributed by atoms with van der Waals surface area (Å²) in [6.07, 6.45) is 1.74. The molecular weight excluding hydrogens is 334 g/mol. The molecule has 0 radical (unpaired) electrons. The van der Waals surface area contributed by atoms with Gasteiger partial charge in [-0.2, -0.15) is 0 Å². The van der Waals surface area contributed by atoms with Crippen LogP contribution < -0.4 is 5.56 Å². The van der Waals surface area contributed by atoms with Gasteiger partial charge in [0.2, 0.25) is 0 Å². The quantitative estimate of drug-likeness (QED) is 0.516. The van der Waals surface area contributed by atoms with Crippen LogP contribution in [0.2, 0.25) is 0 Å². The topological polar surface area (TPSA) is 47.8 Å². The molecule has 4 nitrogen and oxygen atoms in total. The lowest BCUT2D eigenvalue weighted by atomic mass is 10.1. The Morgan fingerprint density at radius 1 is 1.08 bits per heavy atom. The lowest BCUT2D eigenvalue weighted by molar-refractivity contribution is 0.0530. The predicted octanol–water partition coefficient (Wildman–Crippen LogP) is 4.36. The van der Waals surface area contributed by atoms with Gasteiger partial charge >= 0.3 is 5.97 Å². The molecule has 0 unspecified atom stereocenters. The van der Waals surface area contributed by atoms with Crippen LogP contribution in [0.15, 0.2) is 65.6 Å². The number of aromatic nitrogens is 1. The van der Waals surface area contributed by atoms with E-state index in [4.69, 9.17) is 4.74 Å². The van der Waals surface area contributed by atoms with Gasteiger partial charge in [0, 0.05) is 16.5 Å². The fourth-order valence-corrected chi connectivity index (χ4v) is 4.09. The molecule has 2 heterocycles. The largest absolute Gasteiger partial charge is 0.462 e. The van der Waals surface area contributed by atoms with Crippen molar-refractivity contribution in [2.75, 3.05) is 6.61 Å². The summed E-state index contributed by atoms with van der Waals surface area (Å²) in [5.74, 6) is -0.408. The fraction of sp³-hybridized carbons (Fsp3) is 0.100. The van der Waals surface area contributed by atoms with Crippen LogP contribution in [0.1, 0.15) is 17.3 Å². The van der Waals surface area contributed by atoms with Crippen LogP contribution in [0.25, 0.3) is 26.0 Å². The summed E-state index contributed by atoms with van der Waals surface area (Å²) < 4.78 is 7.67. The van der Waals surface area contributed by atoms with Gasteiger partial charge in [0.05, 0.1) is 12.0 Å². The molecule has 0 bridgehead atoms. The average Bonchev–Trinajstić information content (AvgIpc) is 3.03. The van der Waals surface area contributed by atoms with Crippen molar-refractivity contribution < 1.29 is 9.53 Å². The molecule has 2 aromatic heterocycles. The Labute approximate surface area is 147 Å². The molecule has 0 aliphatic heterocycles. The standard InChI is InChI=1S/C20H15NO3S/c1-2-24-20(23)17-15(13-8-4-3-5-9-13)12-21-18(22)14-10-6-7-11-16(14)25-19(17)21/h3-12H,2H2,1H3. The van der Waals surface area contributed by atoms with E-state index in [1.807, 2.05) is 48.5 Å². The van der Waals surface area contributed by atoms with Gasteiger partial charge in [-0.1, -0.05) is 42.5 Å². The Kier molecular flexibility index (Phi) is 3.86. The maximum atomic E-state index is 12.9. The maximum Gasteiger partial charge on any atom is 0.341 e. The van der Waals surface area contributed by atoms with E-state index >= 15 is 0 Å². The summed E-state index contributed by atoms with van der Waals surface area (Å²) in [6.45, 7) is 2.06. The first-order chi connectivity index (χ1) is 12.2. The SMILES string of the molecule is CCOC(=O)c1c(-c2ccccc2)cn2c(=O)c3ccccc3sc12. The molecule has 0 saturated heterocycles. The number of esters is 1. The molecule has 0 N–H and O–H groups in total. The van der Waals surface area contributed by atoms with E-state index in [1.54, 1.807) is 23.6 Å². The lowest BCUT2D eigenvalue weighted by Gasteiger charge is -2.05. The van der Waals surface area contributed by atoms with Crippen LogP contribution in [-0.4, -0.2) is 17.0 Å². The molecular formula is C20H15NO3S. The zero-order chi connectivity index (χ0) is 17.4. The first-order valence-corrected chi connectivity index (χ1v) is 8.82. The van der Waals surface area contributed by atoms with Crippen LogP contribution in [0, 0.1) is 0 Å². The molecule has 4 aromatic rings. The highest BCUT2D eigenvalue weighted by Crippen LogP contribution is 2.33. The molecule has 0 fully saturated rings. The third-order valence-electron chi connectivity index (χ3n) is 4.07. The Morgan fingerprint density at radius 2 is 1.80 bits per heavy atom. The fourth-order valence-electron chi connectivity index (χ4n) is 2.94. The first-order valence-electron chi connectivity index (χ1n) is 8.00. The third-order valence-corrected chi connectivity index (χ3v) is 5.24. The smallest absolute Gasteiger partial charge is 0.341 e. The highest BCUT2D eigenvalue weighted by Gasteiger charge is 2.22. The average molecular weight is 349 g/mol. The minimum absolute atomic E-state index is 0.128. The first kappa shape index (κ1) is 15.6. The molecule has 4 rings (SSSR count). The van der Waals surface area contributed by atoms with E-state index in [-0.39, 0.29) is 12.2 Å². The monoisotopic (exact) mass is 349 g/mol. The minimum atomic E-state index is -0.408. The van der Waals surface area contributed by atoms with Gasteiger partial charge in [-0.3, -0.25) is 9.20 Å². The van der Waals surface area contributed by atoms with Gasteiger partial charge < -0.3 is 4.74 Å². The van der Waals surface area contributed by atoms with Crippen molar-refractivity contribution in [3.8, 4) is 11.1 Å². The summed E-state index contributed by atoms with van der Waals surface area (Å²) in [5, 5.41) is 0.644. The highest BCUT2D eigenvalue weighted by molar-refractivity contribution is 7.23. The number of carbonyl (C=O) groups is 1. The van der Waals surface area contributed by atoms with E-state index in [0.29, 0.717) is 21.3 Å². The molecule has 0 spiro atoms. The number of hydrogen-bond acceptors (Lipinski definition) is 4. The Balaban J connectivity index is 2.12. The van der Waals surface area contributed by atoms with E-state index in [2.05, 4.69) is 0 Å². The second kappa shape index (κ2) is 6.18. The molecule has 0 aliphatic rings. The molecule has 2 aromatic carbocycles. The predicted molar refractivity (Wildman–Crippen MR) is 100 cm³/mol. The maximum absolute atomic E-state index is 12.9. The third kappa shape index (κ3) is 2.53. The highest BCUT2D eigenvalue weighted by atomic mass is 32.1. The number of carbonyl (C=O) groups excluding carboxylic acids is 1. The number of benzene rings is 2. The zero-order valence-electron chi connectivity index (χ0n) is 13.6. The number of ether oxygens (including phenoxy) is 1. The van der Waals surface area contributed by atoms with Crippen LogP contribution in [0.4, 0.5) is 0 Å². The number of fused-ring (bicyclic) bond motifs is 2. The van der Waals surface area contributed by atoms with Crippen LogP contribution in [0.5, 0.6) is 0 Å². The van der Waals surface area contributed by atoms with E-state index in [0.717, 1.165) is 10.3 Å². The van der Waals surface area contributed by atoms with Crippen molar-refractivity contribution in [2.45, 2.75) is 6.92 Å². The summed E-state index contributed by atoms with van der Waals surface area (Å²) in [7, 11) is 0. The van der Waals surface area contributed by atoms with Crippen molar-refractivity contribution >= 4 is 32.2 Å². The summed E-state index contributed by atoms with van der Waals surface area (Å²) in [4.78, 5) is 26.1. The van der Waals surface area contributed by atoms with E-state index in [9.17, 15) is 9.59 Å². The Morgan fingerprint density at radius 3 is 2.56 bits per heavy atom. The van der Waals surface area contributed by atoms with Crippen molar-refractivity contribution in [1.82, 2.24) is 4.40 Å². The summed E-state index contributed by atoms with van der Waals surface area (Å²) in [5.41, 5.74) is 1.91. The second-order valence-electron chi connectivity index (χ2n) is 5.58. The zero-order valence-corrected chi connectivity index (χ0v) is 14.4. The Bertz CT molecular complexity index is 1140. The molecule has 25 heavy (non-hydrogen) atoms. The molecule has 0 saturated carbocycles. The van der Waals surface area contributed by atoms with Crippen molar-refractivity contribution in [3.63, 3.8) is 0 Å². The van der Waals surface area contributed by atoms with Crippen molar-refractivity contribution in [2.24, 2.45) is 0 Å². The van der Waals surface area contributed by atoms with Gasteiger partial charge in [-0.15, -0.1) is 11.3 Å². The molecule has 0 aliphatic carbocycles. The second-order valence-corrected chi connectivity index (χ2v) is 6.61. The molecule has 0 amide bonds.